The molecule has 16 heavy (non-hydrogen) atoms. The fourth-order valence-electron chi connectivity index (χ4n) is 1.47. The predicted octanol–water partition coefficient (Wildman–Crippen LogP) is 1.12. The van der Waals surface area contributed by atoms with Gasteiger partial charge in [-0.2, -0.15) is 0 Å². The van der Waals surface area contributed by atoms with Gasteiger partial charge in [-0.15, -0.1) is 11.3 Å². The molecule has 2 rings (SSSR count). The Morgan fingerprint density at radius 2 is 2.62 bits per heavy atom. The molecule has 0 bridgehead atoms. The first-order chi connectivity index (χ1) is 7.77. The van der Waals surface area contributed by atoms with E-state index in [0.29, 0.717) is 19.7 Å². The summed E-state index contributed by atoms with van der Waals surface area (Å²) in [6.45, 7) is 2.56. The van der Waals surface area contributed by atoms with Crippen LogP contribution in [0, 0.1) is 0 Å². The van der Waals surface area contributed by atoms with Crippen molar-refractivity contribution in [1.82, 2.24) is 10.6 Å². The van der Waals surface area contributed by atoms with Crippen molar-refractivity contribution in [2.24, 2.45) is 0 Å². The lowest BCUT2D eigenvalue weighted by atomic mass is 10.3. The Balaban J connectivity index is 1.81. The van der Waals surface area contributed by atoms with E-state index in [1.165, 1.54) is 0 Å². The molecule has 1 aliphatic rings. The summed E-state index contributed by atoms with van der Waals surface area (Å²) < 4.78 is 6.40. The molecule has 1 saturated heterocycles. The Morgan fingerprint density at radius 1 is 1.75 bits per heavy atom. The molecule has 1 aromatic rings. The minimum atomic E-state index is -0.354. The number of rotatable bonds is 3. The van der Waals surface area contributed by atoms with Gasteiger partial charge in [0.1, 0.15) is 6.10 Å². The second-order valence-corrected chi connectivity index (χ2v) is 5.33. The molecule has 2 heterocycles. The summed E-state index contributed by atoms with van der Waals surface area (Å²) in [4.78, 5) is 12.8. The monoisotopic (exact) mass is 304 g/mol. The van der Waals surface area contributed by atoms with Crippen molar-refractivity contribution >= 4 is 33.2 Å². The van der Waals surface area contributed by atoms with Crippen molar-refractivity contribution in [3.05, 3.63) is 20.8 Å². The molecule has 1 atom stereocenters. The molecule has 1 unspecified atom stereocenters. The summed E-state index contributed by atoms with van der Waals surface area (Å²) in [5, 5.41) is 7.99. The van der Waals surface area contributed by atoms with Gasteiger partial charge in [0.25, 0.3) is 5.91 Å². The van der Waals surface area contributed by atoms with Gasteiger partial charge in [0.2, 0.25) is 0 Å². The van der Waals surface area contributed by atoms with Gasteiger partial charge in [-0.1, -0.05) is 0 Å². The summed E-state index contributed by atoms with van der Waals surface area (Å²) in [6, 6.07) is 1.98. The highest BCUT2D eigenvalue weighted by Gasteiger charge is 2.21. The van der Waals surface area contributed by atoms with Gasteiger partial charge in [-0.3, -0.25) is 4.79 Å². The second kappa shape index (κ2) is 5.77. The fourth-order valence-corrected chi connectivity index (χ4v) is 2.90. The average Bonchev–Trinajstić information content (AvgIpc) is 2.73. The standard InChI is InChI=1S/C10H13BrN2O2S/c11-7-1-4-16-9(7)6-13-10(14)8-5-12-2-3-15-8/h1,4,8,12H,2-3,5-6H2,(H,13,14). The molecule has 0 saturated carbocycles. The molecule has 1 aromatic heterocycles. The number of carbonyl (C=O) groups excluding carboxylic acids is 1. The van der Waals surface area contributed by atoms with Crippen molar-refractivity contribution in [3.8, 4) is 0 Å². The first-order valence-electron chi connectivity index (χ1n) is 5.09. The SMILES string of the molecule is O=C(NCc1sccc1Br)C1CNCCO1. The fraction of sp³-hybridized carbons (Fsp3) is 0.500. The number of halogens is 1. The zero-order valence-electron chi connectivity index (χ0n) is 8.66. The molecule has 0 aliphatic carbocycles. The van der Waals surface area contributed by atoms with Crippen LogP contribution in [0.3, 0.4) is 0 Å². The highest BCUT2D eigenvalue weighted by Crippen LogP contribution is 2.22. The van der Waals surface area contributed by atoms with Gasteiger partial charge >= 0.3 is 0 Å². The zero-order chi connectivity index (χ0) is 11.4. The molecule has 88 valence electrons. The Morgan fingerprint density at radius 3 is 3.25 bits per heavy atom. The highest BCUT2D eigenvalue weighted by atomic mass is 79.9. The summed E-state index contributed by atoms with van der Waals surface area (Å²) in [7, 11) is 0. The molecular formula is C10H13BrN2O2S. The number of nitrogens with one attached hydrogen (secondary N) is 2. The third-order valence-electron chi connectivity index (χ3n) is 2.33. The van der Waals surface area contributed by atoms with Crippen LogP contribution < -0.4 is 10.6 Å². The van der Waals surface area contributed by atoms with Gasteiger partial charge in [0, 0.05) is 22.4 Å². The van der Waals surface area contributed by atoms with Crippen LogP contribution in [0.1, 0.15) is 4.88 Å². The first-order valence-corrected chi connectivity index (χ1v) is 6.76. The predicted molar refractivity (Wildman–Crippen MR) is 66.5 cm³/mol. The van der Waals surface area contributed by atoms with Crippen LogP contribution in [0.2, 0.25) is 0 Å². The van der Waals surface area contributed by atoms with Gasteiger partial charge in [0.15, 0.2) is 0 Å². The first kappa shape index (κ1) is 12.0. The van der Waals surface area contributed by atoms with Crippen LogP contribution in [-0.4, -0.2) is 31.7 Å². The number of hydrogen-bond acceptors (Lipinski definition) is 4. The van der Waals surface area contributed by atoms with E-state index >= 15 is 0 Å². The number of thiophene rings is 1. The van der Waals surface area contributed by atoms with Crippen LogP contribution in [0.15, 0.2) is 15.9 Å². The van der Waals surface area contributed by atoms with Gasteiger partial charge in [0.05, 0.1) is 13.2 Å². The Hall–Kier alpha value is -0.430. The molecule has 6 heteroatoms. The van der Waals surface area contributed by atoms with E-state index in [1.54, 1.807) is 11.3 Å². The van der Waals surface area contributed by atoms with E-state index in [0.717, 1.165) is 15.9 Å². The lowest BCUT2D eigenvalue weighted by Gasteiger charge is -2.22. The maximum Gasteiger partial charge on any atom is 0.250 e. The topological polar surface area (TPSA) is 50.4 Å². The molecule has 1 fully saturated rings. The third-order valence-corrected chi connectivity index (χ3v) is 4.26. The summed E-state index contributed by atoms with van der Waals surface area (Å²) in [5.41, 5.74) is 0. The minimum Gasteiger partial charge on any atom is -0.366 e. The number of amides is 1. The van der Waals surface area contributed by atoms with E-state index in [2.05, 4.69) is 26.6 Å². The summed E-state index contributed by atoms with van der Waals surface area (Å²) >= 11 is 5.05. The lowest BCUT2D eigenvalue weighted by molar-refractivity contribution is -0.134. The van der Waals surface area contributed by atoms with Crippen LogP contribution in [-0.2, 0) is 16.1 Å². The van der Waals surface area contributed by atoms with Crippen LogP contribution in [0.4, 0.5) is 0 Å². The quantitative estimate of drug-likeness (QED) is 0.880. The van der Waals surface area contributed by atoms with Crippen LogP contribution >= 0.6 is 27.3 Å². The average molecular weight is 305 g/mol. The lowest BCUT2D eigenvalue weighted by Crippen LogP contribution is -2.47. The number of morpholine rings is 1. The molecule has 1 amide bonds. The molecule has 4 nitrogen and oxygen atoms in total. The minimum absolute atomic E-state index is 0.0486. The largest absolute Gasteiger partial charge is 0.366 e. The number of ether oxygens (including phenoxy) is 1. The van der Waals surface area contributed by atoms with E-state index in [9.17, 15) is 4.79 Å². The third kappa shape index (κ3) is 3.04. The van der Waals surface area contributed by atoms with E-state index in [1.807, 2.05) is 11.4 Å². The van der Waals surface area contributed by atoms with E-state index < -0.39 is 0 Å². The van der Waals surface area contributed by atoms with Crippen molar-refractivity contribution in [2.45, 2.75) is 12.6 Å². The zero-order valence-corrected chi connectivity index (χ0v) is 11.1. The van der Waals surface area contributed by atoms with Gasteiger partial charge < -0.3 is 15.4 Å². The molecule has 1 aliphatic heterocycles. The molecule has 0 spiro atoms. The van der Waals surface area contributed by atoms with Gasteiger partial charge in [-0.05, 0) is 27.4 Å². The molecule has 0 radical (unpaired) electrons. The smallest absolute Gasteiger partial charge is 0.250 e. The van der Waals surface area contributed by atoms with Crippen molar-refractivity contribution in [3.63, 3.8) is 0 Å². The Kier molecular flexibility index (Phi) is 4.34. The Bertz CT molecular complexity index is 363. The van der Waals surface area contributed by atoms with Crippen LogP contribution in [0.25, 0.3) is 0 Å². The maximum absolute atomic E-state index is 11.7. The summed E-state index contributed by atoms with van der Waals surface area (Å²) in [6.07, 6.45) is -0.354. The molecule has 2 N–H and O–H groups in total. The molecular weight excluding hydrogens is 292 g/mol. The number of hydrogen-bond donors (Lipinski definition) is 2. The van der Waals surface area contributed by atoms with Crippen molar-refractivity contribution in [1.29, 1.82) is 0 Å². The maximum atomic E-state index is 11.7. The highest BCUT2D eigenvalue weighted by molar-refractivity contribution is 9.10. The normalized spacial score (nSPS) is 20.7. The van der Waals surface area contributed by atoms with E-state index in [-0.39, 0.29) is 12.0 Å². The Labute approximate surface area is 106 Å². The van der Waals surface area contributed by atoms with Crippen molar-refractivity contribution < 1.29 is 9.53 Å². The van der Waals surface area contributed by atoms with Crippen LogP contribution in [0.5, 0.6) is 0 Å². The van der Waals surface area contributed by atoms with E-state index in [4.69, 9.17) is 4.74 Å². The van der Waals surface area contributed by atoms with Gasteiger partial charge in [-0.25, -0.2) is 0 Å². The second-order valence-electron chi connectivity index (χ2n) is 3.47. The summed E-state index contributed by atoms with van der Waals surface area (Å²) in [5.74, 6) is -0.0486. The van der Waals surface area contributed by atoms with Crippen molar-refractivity contribution in [2.75, 3.05) is 19.7 Å². The number of carbonyl (C=O) groups is 1. The molecule has 0 aromatic carbocycles.